The van der Waals surface area contributed by atoms with E-state index in [1.807, 2.05) is 30.3 Å². The lowest BCUT2D eigenvalue weighted by Gasteiger charge is -2.14. The van der Waals surface area contributed by atoms with Gasteiger partial charge in [-0.2, -0.15) is 0 Å². The Morgan fingerprint density at radius 1 is 1.10 bits per heavy atom. The summed E-state index contributed by atoms with van der Waals surface area (Å²) < 4.78 is 10.5. The highest BCUT2D eigenvalue weighted by Crippen LogP contribution is 2.31. The third-order valence-corrected chi connectivity index (χ3v) is 5.37. The van der Waals surface area contributed by atoms with Gasteiger partial charge >= 0.3 is 0 Å². The smallest absolute Gasteiger partial charge is 0.293 e. The van der Waals surface area contributed by atoms with Crippen molar-refractivity contribution < 1.29 is 23.9 Å². The lowest BCUT2D eigenvalue weighted by Crippen LogP contribution is -2.37. The molecule has 1 aliphatic heterocycles. The summed E-state index contributed by atoms with van der Waals surface area (Å²) in [6.45, 7) is 0.277. The highest BCUT2D eigenvalue weighted by molar-refractivity contribution is 8.18. The van der Waals surface area contributed by atoms with Gasteiger partial charge in [-0.3, -0.25) is 19.3 Å². The Bertz CT molecular complexity index is 975. The summed E-state index contributed by atoms with van der Waals surface area (Å²) in [4.78, 5) is 38.5. The highest BCUT2D eigenvalue weighted by Gasteiger charge is 2.34. The molecular weight excluding hydrogens is 404 g/mol. The van der Waals surface area contributed by atoms with Gasteiger partial charge in [0.15, 0.2) is 0 Å². The predicted octanol–water partition coefficient (Wildman–Crippen LogP) is 3.10. The van der Waals surface area contributed by atoms with Crippen LogP contribution in [0.5, 0.6) is 11.5 Å². The van der Waals surface area contributed by atoms with Crippen molar-refractivity contribution in [2.75, 3.05) is 27.3 Å². The topological polar surface area (TPSA) is 84.9 Å². The summed E-state index contributed by atoms with van der Waals surface area (Å²) >= 11 is 0.903. The van der Waals surface area contributed by atoms with Crippen LogP contribution in [0.15, 0.2) is 53.4 Å². The molecule has 0 saturated carbocycles. The first-order chi connectivity index (χ1) is 14.5. The number of ether oxygens (including phenoxy) is 2. The van der Waals surface area contributed by atoms with Gasteiger partial charge in [0, 0.05) is 18.7 Å². The molecule has 156 valence electrons. The second-order valence-corrected chi connectivity index (χ2v) is 7.44. The van der Waals surface area contributed by atoms with Crippen LogP contribution in [0.3, 0.4) is 0 Å². The fraction of sp³-hybridized carbons (Fsp3) is 0.227. The molecule has 2 aromatic rings. The monoisotopic (exact) mass is 426 g/mol. The molecule has 0 unspecified atom stereocenters. The average Bonchev–Trinajstić information content (AvgIpc) is 3.01. The molecule has 0 atom stereocenters. The fourth-order valence-electron chi connectivity index (χ4n) is 2.96. The average molecular weight is 426 g/mol. The van der Waals surface area contributed by atoms with Crippen LogP contribution in [0.2, 0.25) is 0 Å². The molecule has 8 heteroatoms. The molecule has 1 saturated heterocycles. The quantitative estimate of drug-likeness (QED) is 0.653. The van der Waals surface area contributed by atoms with E-state index in [9.17, 15) is 14.4 Å². The molecule has 1 fully saturated rings. The van der Waals surface area contributed by atoms with Gasteiger partial charge in [0.05, 0.1) is 25.5 Å². The summed E-state index contributed by atoms with van der Waals surface area (Å²) in [5.74, 6) is 0.621. The maximum Gasteiger partial charge on any atom is 0.293 e. The minimum absolute atomic E-state index is 0.0934. The summed E-state index contributed by atoms with van der Waals surface area (Å²) in [5, 5.41) is 2.40. The number of thioether (sulfide) groups is 1. The van der Waals surface area contributed by atoms with Crippen LogP contribution < -0.4 is 14.8 Å². The third kappa shape index (κ3) is 5.21. The number of nitrogens with one attached hydrogen (secondary N) is 1. The molecule has 0 aromatic heterocycles. The van der Waals surface area contributed by atoms with E-state index in [2.05, 4.69) is 5.32 Å². The Morgan fingerprint density at radius 2 is 1.87 bits per heavy atom. The van der Waals surface area contributed by atoms with Crippen LogP contribution in [0.25, 0.3) is 6.08 Å². The molecule has 0 bridgehead atoms. The lowest BCUT2D eigenvalue weighted by molar-refractivity contribution is -0.124. The van der Waals surface area contributed by atoms with E-state index >= 15 is 0 Å². The zero-order chi connectivity index (χ0) is 21.5. The van der Waals surface area contributed by atoms with Crippen molar-refractivity contribution in [2.24, 2.45) is 0 Å². The number of amides is 3. The summed E-state index contributed by atoms with van der Waals surface area (Å²) in [5.41, 5.74) is 1.54. The Kier molecular flexibility index (Phi) is 7.13. The van der Waals surface area contributed by atoms with E-state index in [0.29, 0.717) is 22.0 Å². The van der Waals surface area contributed by atoms with Crippen molar-refractivity contribution >= 4 is 34.9 Å². The van der Waals surface area contributed by atoms with Gasteiger partial charge in [0.2, 0.25) is 5.91 Å². The number of carbonyl (C=O) groups excluding carboxylic acids is 3. The Morgan fingerprint density at radius 3 is 2.57 bits per heavy atom. The number of hydrogen-bond acceptors (Lipinski definition) is 6. The molecule has 0 spiro atoms. The van der Waals surface area contributed by atoms with Crippen LogP contribution in [0.1, 0.15) is 11.1 Å². The van der Waals surface area contributed by atoms with Crippen LogP contribution >= 0.6 is 11.8 Å². The van der Waals surface area contributed by atoms with Crippen molar-refractivity contribution in [3.63, 3.8) is 0 Å². The van der Waals surface area contributed by atoms with Gasteiger partial charge < -0.3 is 14.8 Å². The van der Waals surface area contributed by atoms with Gasteiger partial charge in [-0.25, -0.2) is 0 Å². The van der Waals surface area contributed by atoms with E-state index in [1.165, 1.54) is 7.11 Å². The van der Waals surface area contributed by atoms with Gasteiger partial charge in [-0.05, 0) is 41.6 Å². The second kappa shape index (κ2) is 9.98. The maximum absolute atomic E-state index is 12.5. The Balaban J connectivity index is 1.55. The summed E-state index contributed by atoms with van der Waals surface area (Å²) in [6.07, 6.45) is 1.79. The lowest BCUT2D eigenvalue weighted by atomic mass is 10.1. The highest BCUT2D eigenvalue weighted by atomic mass is 32.2. The van der Waals surface area contributed by atoms with Crippen molar-refractivity contribution in [1.29, 1.82) is 0 Å². The van der Waals surface area contributed by atoms with E-state index in [0.717, 1.165) is 22.2 Å². The van der Waals surface area contributed by atoms with Crippen molar-refractivity contribution in [2.45, 2.75) is 6.42 Å². The van der Waals surface area contributed by atoms with E-state index in [4.69, 9.17) is 9.47 Å². The molecule has 1 aliphatic rings. The zero-order valence-corrected chi connectivity index (χ0v) is 17.5. The molecule has 1 heterocycles. The first kappa shape index (κ1) is 21.4. The number of hydrogen-bond donors (Lipinski definition) is 1. The van der Waals surface area contributed by atoms with Crippen LogP contribution in [0.4, 0.5) is 4.79 Å². The summed E-state index contributed by atoms with van der Waals surface area (Å²) in [6, 6.07) is 14.6. The molecule has 3 rings (SSSR count). The van der Waals surface area contributed by atoms with Gasteiger partial charge in [-0.15, -0.1) is 0 Å². The van der Waals surface area contributed by atoms with Gasteiger partial charge in [0.25, 0.3) is 11.1 Å². The van der Waals surface area contributed by atoms with E-state index in [1.54, 1.807) is 31.4 Å². The third-order valence-electron chi connectivity index (χ3n) is 4.47. The SMILES string of the molecule is COc1ccc(OC)c(CC(=O)NCCN2C(=O)SC(=Cc3ccccc3)C2=O)c1. The van der Waals surface area contributed by atoms with Crippen molar-refractivity contribution in [1.82, 2.24) is 10.2 Å². The van der Waals surface area contributed by atoms with Crippen molar-refractivity contribution in [3.8, 4) is 11.5 Å². The maximum atomic E-state index is 12.5. The molecule has 0 aliphatic carbocycles. The second-order valence-electron chi connectivity index (χ2n) is 6.45. The van der Waals surface area contributed by atoms with E-state index in [-0.39, 0.29) is 36.6 Å². The molecule has 0 radical (unpaired) electrons. The standard InChI is InChI=1S/C22H22N2O5S/c1-28-17-8-9-18(29-2)16(13-17)14-20(25)23-10-11-24-21(26)19(30-22(24)27)12-15-6-4-3-5-7-15/h3-9,12-13H,10-11,14H2,1-2H3,(H,23,25). The van der Waals surface area contributed by atoms with Crippen LogP contribution in [-0.2, 0) is 16.0 Å². The van der Waals surface area contributed by atoms with Gasteiger partial charge in [0.1, 0.15) is 11.5 Å². The molecule has 2 aromatic carbocycles. The molecule has 7 nitrogen and oxygen atoms in total. The minimum Gasteiger partial charge on any atom is -0.497 e. The van der Waals surface area contributed by atoms with Crippen LogP contribution in [0, 0.1) is 0 Å². The van der Waals surface area contributed by atoms with E-state index < -0.39 is 0 Å². The Labute approximate surface area is 179 Å². The number of benzene rings is 2. The molecule has 1 N–H and O–H groups in total. The van der Waals surface area contributed by atoms with Crippen LogP contribution in [-0.4, -0.2) is 49.3 Å². The van der Waals surface area contributed by atoms with Crippen molar-refractivity contribution in [3.05, 3.63) is 64.6 Å². The zero-order valence-electron chi connectivity index (χ0n) is 16.7. The Hall–Kier alpha value is -3.26. The number of methoxy groups -OCH3 is 2. The number of nitrogens with zero attached hydrogens (tertiary/aromatic N) is 1. The summed E-state index contributed by atoms with van der Waals surface area (Å²) in [7, 11) is 3.08. The largest absolute Gasteiger partial charge is 0.497 e. The fourth-order valence-corrected chi connectivity index (χ4v) is 3.82. The normalized spacial score (nSPS) is 14.9. The predicted molar refractivity (Wildman–Crippen MR) is 115 cm³/mol. The molecule has 3 amide bonds. The van der Waals surface area contributed by atoms with Gasteiger partial charge in [-0.1, -0.05) is 30.3 Å². The number of carbonyl (C=O) groups is 3. The number of rotatable bonds is 8. The molecule has 30 heavy (non-hydrogen) atoms. The number of imide groups is 1. The first-order valence-electron chi connectivity index (χ1n) is 9.30. The molecular formula is C22H22N2O5S. The first-order valence-corrected chi connectivity index (χ1v) is 10.1. The minimum atomic E-state index is -0.349.